The third-order valence-corrected chi connectivity index (χ3v) is 4.18. The molecule has 0 radical (unpaired) electrons. The van der Waals surface area contributed by atoms with Crippen LogP contribution in [0.5, 0.6) is 0 Å². The lowest BCUT2D eigenvalue weighted by Crippen LogP contribution is -2.03. The Morgan fingerprint density at radius 1 is 1.05 bits per heavy atom. The quantitative estimate of drug-likeness (QED) is 0.680. The van der Waals surface area contributed by atoms with E-state index in [1.54, 1.807) is 12.1 Å². The Morgan fingerprint density at radius 2 is 1.84 bits per heavy atom. The molecule has 19 heavy (non-hydrogen) atoms. The number of rotatable bonds is 2. The van der Waals surface area contributed by atoms with E-state index in [2.05, 4.69) is 15.9 Å². The van der Waals surface area contributed by atoms with Crippen molar-refractivity contribution in [3.63, 3.8) is 0 Å². The van der Waals surface area contributed by atoms with Gasteiger partial charge < -0.3 is 4.42 Å². The van der Waals surface area contributed by atoms with Gasteiger partial charge in [0.25, 0.3) is 0 Å². The highest BCUT2D eigenvalue weighted by atomic mass is 79.9. The third kappa shape index (κ3) is 2.60. The third-order valence-electron chi connectivity index (χ3n) is 2.67. The first-order chi connectivity index (χ1) is 9.24. The van der Waals surface area contributed by atoms with Crippen molar-refractivity contribution in [2.24, 2.45) is 0 Å². The lowest BCUT2D eigenvalue weighted by atomic mass is 10.2. The number of benzene rings is 2. The van der Waals surface area contributed by atoms with Crippen LogP contribution in [0.4, 0.5) is 0 Å². The van der Waals surface area contributed by atoms with Crippen LogP contribution in [0.25, 0.3) is 11.0 Å². The van der Waals surface area contributed by atoms with Crippen molar-refractivity contribution in [3.05, 3.63) is 69.5 Å². The molecule has 0 amide bonds. The van der Waals surface area contributed by atoms with E-state index in [0.717, 1.165) is 9.37 Å². The first kappa shape index (κ1) is 12.5. The van der Waals surface area contributed by atoms with Crippen LogP contribution in [0, 0.1) is 0 Å². The molecule has 4 heteroatoms. The molecule has 0 fully saturated rings. The summed E-state index contributed by atoms with van der Waals surface area (Å²) >= 11 is 4.78. The second-order valence-electron chi connectivity index (χ2n) is 3.98. The molecule has 0 saturated carbocycles. The van der Waals surface area contributed by atoms with Gasteiger partial charge in [-0.2, -0.15) is 0 Å². The van der Waals surface area contributed by atoms with Crippen LogP contribution in [-0.4, -0.2) is 0 Å². The topological polar surface area (TPSA) is 30.2 Å². The van der Waals surface area contributed by atoms with E-state index in [1.807, 2.05) is 36.4 Å². The molecule has 94 valence electrons. The summed E-state index contributed by atoms with van der Waals surface area (Å²) in [6.07, 6.45) is 1.52. The molecule has 0 bridgehead atoms. The zero-order chi connectivity index (χ0) is 13.2. The maximum atomic E-state index is 12.4. The van der Waals surface area contributed by atoms with Gasteiger partial charge in [0.05, 0.1) is 10.3 Å². The Balaban J connectivity index is 2.10. The Kier molecular flexibility index (Phi) is 3.44. The van der Waals surface area contributed by atoms with Crippen molar-refractivity contribution in [1.82, 2.24) is 0 Å². The summed E-state index contributed by atoms with van der Waals surface area (Å²) in [6.45, 7) is 0. The van der Waals surface area contributed by atoms with Gasteiger partial charge in [0.2, 0.25) is 5.43 Å². The van der Waals surface area contributed by atoms with Crippen molar-refractivity contribution in [3.8, 4) is 0 Å². The molecular formula is C15H9BrO2S. The maximum absolute atomic E-state index is 12.4. The molecule has 0 aliphatic carbocycles. The molecule has 0 saturated heterocycles. The fourth-order valence-electron chi connectivity index (χ4n) is 1.77. The van der Waals surface area contributed by atoms with Gasteiger partial charge in [0.1, 0.15) is 11.8 Å². The number of halogens is 1. The molecule has 1 aromatic heterocycles. The summed E-state index contributed by atoms with van der Waals surface area (Å²) in [5, 5.41) is 0.593. The van der Waals surface area contributed by atoms with Crippen LogP contribution < -0.4 is 5.43 Å². The summed E-state index contributed by atoms with van der Waals surface area (Å²) in [7, 11) is 0. The molecule has 0 aliphatic heterocycles. The fourth-order valence-corrected chi connectivity index (χ4v) is 2.98. The molecule has 0 unspecified atom stereocenters. The van der Waals surface area contributed by atoms with Gasteiger partial charge in [0, 0.05) is 9.37 Å². The van der Waals surface area contributed by atoms with E-state index in [0.29, 0.717) is 15.9 Å². The summed E-state index contributed by atoms with van der Waals surface area (Å²) in [4.78, 5) is 14.0. The lowest BCUT2D eigenvalue weighted by molar-refractivity contribution is 0.587. The van der Waals surface area contributed by atoms with Gasteiger partial charge >= 0.3 is 0 Å². The van der Waals surface area contributed by atoms with Crippen LogP contribution in [0.2, 0.25) is 0 Å². The van der Waals surface area contributed by atoms with E-state index in [4.69, 9.17) is 4.42 Å². The van der Waals surface area contributed by atoms with E-state index in [9.17, 15) is 4.79 Å². The molecular weight excluding hydrogens is 324 g/mol. The average Bonchev–Trinajstić information content (AvgIpc) is 2.44. The monoisotopic (exact) mass is 332 g/mol. The van der Waals surface area contributed by atoms with Crippen LogP contribution in [0.3, 0.4) is 0 Å². The number of hydrogen-bond acceptors (Lipinski definition) is 3. The Labute approximate surface area is 122 Å². The highest BCUT2D eigenvalue weighted by Gasteiger charge is 2.08. The van der Waals surface area contributed by atoms with Gasteiger partial charge in [0.15, 0.2) is 0 Å². The Bertz CT molecular complexity index is 781. The molecule has 0 N–H and O–H groups in total. The highest BCUT2D eigenvalue weighted by molar-refractivity contribution is 9.10. The maximum Gasteiger partial charge on any atom is 0.206 e. The van der Waals surface area contributed by atoms with Gasteiger partial charge in [-0.3, -0.25) is 4.79 Å². The average molecular weight is 333 g/mol. The van der Waals surface area contributed by atoms with Crippen molar-refractivity contribution in [2.45, 2.75) is 9.79 Å². The van der Waals surface area contributed by atoms with E-state index < -0.39 is 0 Å². The van der Waals surface area contributed by atoms with E-state index in [1.165, 1.54) is 18.0 Å². The molecule has 2 aromatic carbocycles. The second-order valence-corrected chi connectivity index (χ2v) is 6.02. The largest absolute Gasteiger partial charge is 0.463 e. The Morgan fingerprint density at radius 3 is 2.63 bits per heavy atom. The normalized spacial score (nSPS) is 10.8. The van der Waals surface area contributed by atoms with Gasteiger partial charge in [-0.05, 0) is 30.3 Å². The smallest absolute Gasteiger partial charge is 0.206 e. The molecule has 3 aromatic rings. The molecule has 2 nitrogen and oxygen atoms in total. The first-order valence-corrected chi connectivity index (χ1v) is 7.29. The summed E-state index contributed by atoms with van der Waals surface area (Å²) in [5.41, 5.74) is 0.599. The van der Waals surface area contributed by atoms with E-state index in [-0.39, 0.29) is 5.43 Å². The minimum absolute atomic E-state index is 0.00333. The number of fused-ring (bicyclic) bond motifs is 1. The minimum atomic E-state index is -0.00333. The summed E-state index contributed by atoms with van der Waals surface area (Å²) in [6, 6.07) is 15.2. The zero-order valence-corrected chi connectivity index (χ0v) is 12.2. The first-order valence-electron chi connectivity index (χ1n) is 5.68. The van der Waals surface area contributed by atoms with Gasteiger partial charge in [-0.25, -0.2) is 0 Å². The second kappa shape index (κ2) is 5.23. The minimum Gasteiger partial charge on any atom is -0.463 e. The zero-order valence-electron chi connectivity index (χ0n) is 9.80. The van der Waals surface area contributed by atoms with Crippen molar-refractivity contribution in [1.29, 1.82) is 0 Å². The predicted molar refractivity (Wildman–Crippen MR) is 80.7 cm³/mol. The van der Waals surface area contributed by atoms with Crippen molar-refractivity contribution < 1.29 is 4.42 Å². The number of hydrogen-bond donors (Lipinski definition) is 0. The molecule has 3 rings (SSSR count). The predicted octanol–water partition coefficient (Wildman–Crippen LogP) is 4.71. The standard InChI is InChI=1S/C15H9BrO2S/c16-10-6-7-13-12(8-10)15(17)14(9-18-13)19-11-4-2-1-3-5-11/h1-9H. The summed E-state index contributed by atoms with van der Waals surface area (Å²) < 4.78 is 6.38. The fraction of sp³-hybridized carbons (Fsp3) is 0. The van der Waals surface area contributed by atoms with Crippen molar-refractivity contribution >= 4 is 38.7 Å². The lowest BCUT2D eigenvalue weighted by Gasteiger charge is -2.02. The van der Waals surface area contributed by atoms with E-state index >= 15 is 0 Å². The molecule has 0 atom stereocenters. The van der Waals surface area contributed by atoms with Crippen molar-refractivity contribution in [2.75, 3.05) is 0 Å². The Hall–Kier alpha value is -1.52. The van der Waals surface area contributed by atoms with Crippen LogP contribution in [0.15, 0.2) is 78.3 Å². The molecule has 0 spiro atoms. The summed E-state index contributed by atoms with van der Waals surface area (Å²) in [5.74, 6) is 0. The SMILES string of the molecule is O=c1c(Sc2ccccc2)coc2ccc(Br)cc12. The molecule has 1 heterocycles. The van der Waals surface area contributed by atoms with Crippen LogP contribution in [-0.2, 0) is 0 Å². The van der Waals surface area contributed by atoms with Gasteiger partial charge in [-0.15, -0.1) is 0 Å². The van der Waals surface area contributed by atoms with Crippen LogP contribution in [0.1, 0.15) is 0 Å². The van der Waals surface area contributed by atoms with Gasteiger partial charge in [-0.1, -0.05) is 45.9 Å². The highest BCUT2D eigenvalue weighted by Crippen LogP contribution is 2.27. The van der Waals surface area contributed by atoms with Crippen LogP contribution >= 0.6 is 27.7 Å². The molecule has 0 aliphatic rings.